The first kappa shape index (κ1) is 15.5. The van der Waals surface area contributed by atoms with Gasteiger partial charge in [-0.1, -0.05) is 0 Å². The lowest BCUT2D eigenvalue weighted by Crippen LogP contribution is -2.40. The first-order valence-electron chi connectivity index (χ1n) is 6.06. The fourth-order valence-corrected chi connectivity index (χ4v) is 1.48. The minimum atomic E-state index is -1.26. The van der Waals surface area contributed by atoms with E-state index in [1.54, 1.807) is 6.07 Å². The molecule has 0 spiro atoms. The van der Waals surface area contributed by atoms with Crippen LogP contribution in [0.2, 0.25) is 0 Å². The summed E-state index contributed by atoms with van der Waals surface area (Å²) in [6.07, 6.45) is 0.190. The van der Waals surface area contributed by atoms with Gasteiger partial charge in [-0.05, 0) is 13.8 Å². The third-order valence-corrected chi connectivity index (χ3v) is 2.45. The van der Waals surface area contributed by atoms with Crippen LogP contribution < -0.4 is 20.7 Å². The number of carboxylic acid groups (broad SMARTS) is 1. The summed E-state index contributed by atoms with van der Waals surface area (Å²) in [4.78, 5) is 26.3. The number of amides is 2. The van der Waals surface area contributed by atoms with Crippen molar-refractivity contribution < 1.29 is 19.4 Å². The average molecular weight is 282 g/mol. The van der Waals surface area contributed by atoms with Crippen molar-refractivity contribution >= 4 is 23.4 Å². The Morgan fingerprint density at radius 3 is 2.70 bits per heavy atom. The summed E-state index contributed by atoms with van der Waals surface area (Å²) < 4.78 is 5.01. The Morgan fingerprint density at radius 2 is 2.15 bits per heavy atom. The highest BCUT2D eigenvalue weighted by Gasteiger charge is 2.16. The van der Waals surface area contributed by atoms with Crippen LogP contribution in [0.25, 0.3) is 0 Å². The Labute approximate surface area is 116 Å². The minimum Gasteiger partial charge on any atom is -0.481 e. The molecule has 4 N–H and O–H groups in total. The van der Waals surface area contributed by atoms with Crippen molar-refractivity contribution in [3.05, 3.63) is 12.3 Å². The molecular weight excluding hydrogens is 264 g/mol. The number of nitrogens with one attached hydrogen (secondary N) is 3. The standard InChI is InChI=1S/C12H18N4O4/c1-4-13-8-5-10(20-3)14-6-9(8)16-11(17)7(2)15-12(18)19/h5-7,15H,4H2,1-3H3,(H,13,14)(H,16,17)(H,18,19). The minimum absolute atomic E-state index is 0.413. The number of ether oxygens (including phenoxy) is 1. The lowest BCUT2D eigenvalue weighted by molar-refractivity contribution is -0.117. The summed E-state index contributed by atoms with van der Waals surface area (Å²) in [6, 6.07) is 0.776. The monoisotopic (exact) mass is 282 g/mol. The molecule has 0 radical (unpaired) electrons. The summed E-state index contributed by atoms with van der Waals surface area (Å²) in [7, 11) is 1.50. The SMILES string of the molecule is CCNc1cc(OC)ncc1NC(=O)C(C)NC(=O)O. The van der Waals surface area contributed by atoms with Crippen LogP contribution in [0.5, 0.6) is 5.88 Å². The Morgan fingerprint density at radius 1 is 1.45 bits per heavy atom. The fourth-order valence-electron chi connectivity index (χ4n) is 1.48. The topological polar surface area (TPSA) is 113 Å². The van der Waals surface area contributed by atoms with Crippen LogP contribution in [0.3, 0.4) is 0 Å². The predicted molar refractivity (Wildman–Crippen MR) is 74.2 cm³/mol. The van der Waals surface area contributed by atoms with Crippen molar-refractivity contribution in [2.24, 2.45) is 0 Å². The summed E-state index contributed by atoms with van der Waals surface area (Å²) in [5.74, 6) is -0.0609. The molecule has 1 rings (SSSR count). The number of carbonyl (C=O) groups excluding carboxylic acids is 1. The maximum absolute atomic E-state index is 11.8. The first-order valence-corrected chi connectivity index (χ1v) is 6.06. The molecule has 0 aromatic carbocycles. The number of hydrogen-bond donors (Lipinski definition) is 4. The van der Waals surface area contributed by atoms with E-state index in [1.807, 2.05) is 6.92 Å². The van der Waals surface area contributed by atoms with Gasteiger partial charge in [0.05, 0.1) is 24.7 Å². The Balaban J connectivity index is 2.85. The van der Waals surface area contributed by atoms with Crippen molar-refractivity contribution in [3.63, 3.8) is 0 Å². The summed E-state index contributed by atoms with van der Waals surface area (Å²) in [6.45, 7) is 4.01. The van der Waals surface area contributed by atoms with Gasteiger partial charge >= 0.3 is 6.09 Å². The normalized spacial score (nSPS) is 11.3. The molecule has 20 heavy (non-hydrogen) atoms. The van der Waals surface area contributed by atoms with Gasteiger partial charge in [0.25, 0.3) is 0 Å². The van der Waals surface area contributed by atoms with Crippen LogP contribution in [0.15, 0.2) is 12.3 Å². The van der Waals surface area contributed by atoms with Crippen LogP contribution >= 0.6 is 0 Å². The molecule has 1 unspecified atom stereocenters. The third kappa shape index (κ3) is 4.30. The lowest BCUT2D eigenvalue weighted by Gasteiger charge is -2.15. The maximum atomic E-state index is 11.8. The van der Waals surface area contributed by atoms with E-state index in [4.69, 9.17) is 9.84 Å². The summed E-state index contributed by atoms with van der Waals surface area (Å²) in [5, 5.41) is 16.3. The van der Waals surface area contributed by atoms with E-state index in [9.17, 15) is 9.59 Å². The molecule has 0 saturated carbocycles. The maximum Gasteiger partial charge on any atom is 0.405 e. The van der Waals surface area contributed by atoms with Gasteiger partial charge < -0.3 is 25.8 Å². The molecule has 1 heterocycles. The van der Waals surface area contributed by atoms with Crippen molar-refractivity contribution in [2.45, 2.75) is 19.9 Å². The molecule has 0 fully saturated rings. The van der Waals surface area contributed by atoms with E-state index in [1.165, 1.54) is 20.2 Å². The van der Waals surface area contributed by atoms with Crippen LogP contribution in [0, 0.1) is 0 Å². The van der Waals surface area contributed by atoms with Gasteiger partial charge in [0, 0.05) is 12.6 Å². The third-order valence-electron chi connectivity index (χ3n) is 2.45. The van der Waals surface area contributed by atoms with E-state index in [2.05, 4.69) is 20.9 Å². The number of anilines is 2. The van der Waals surface area contributed by atoms with Gasteiger partial charge in [-0.15, -0.1) is 0 Å². The second-order valence-electron chi connectivity index (χ2n) is 3.96. The number of aromatic nitrogens is 1. The van der Waals surface area contributed by atoms with Gasteiger partial charge in [-0.2, -0.15) is 0 Å². The summed E-state index contributed by atoms with van der Waals surface area (Å²) in [5.41, 5.74) is 1.10. The van der Waals surface area contributed by atoms with Crippen LogP contribution in [-0.4, -0.2) is 41.8 Å². The molecular formula is C12H18N4O4. The zero-order valence-corrected chi connectivity index (χ0v) is 11.6. The van der Waals surface area contributed by atoms with Crippen molar-refractivity contribution in [1.82, 2.24) is 10.3 Å². The molecule has 1 aromatic heterocycles. The highest BCUT2D eigenvalue weighted by molar-refractivity contribution is 5.98. The van der Waals surface area contributed by atoms with Gasteiger partial charge in [0.15, 0.2) is 0 Å². The number of rotatable bonds is 6. The molecule has 0 saturated heterocycles. The molecule has 0 bridgehead atoms. The first-order chi connectivity index (χ1) is 9.47. The van der Waals surface area contributed by atoms with E-state index in [-0.39, 0.29) is 0 Å². The van der Waals surface area contributed by atoms with Gasteiger partial charge in [0.2, 0.25) is 11.8 Å². The average Bonchev–Trinajstić information content (AvgIpc) is 2.40. The van der Waals surface area contributed by atoms with Crippen molar-refractivity contribution in [3.8, 4) is 5.88 Å². The Hall–Kier alpha value is -2.51. The number of carbonyl (C=O) groups is 2. The molecule has 8 heteroatoms. The molecule has 0 aliphatic carbocycles. The summed E-state index contributed by atoms with van der Waals surface area (Å²) >= 11 is 0. The van der Waals surface area contributed by atoms with E-state index in [0.29, 0.717) is 23.8 Å². The number of methoxy groups -OCH3 is 1. The van der Waals surface area contributed by atoms with Crippen LogP contribution in [0.1, 0.15) is 13.8 Å². The van der Waals surface area contributed by atoms with Crippen molar-refractivity contribution in [1.29, 1.82) is 0 Å². The van der Waals surface area contributed by atoms with E-state index >= 15 is 0 Å². The zero-order valence-electron chi connectivity index (χ0n) is 11.6. The molecule has 0 aliphatic rings. The van der Waals surface area contributed by atoms with Crippen LogP contribution in [-0.2, 0) is 4.79 Å². The molecule has 0 aliphatic heterocycles. The number of hydrogen-bond acceptors (Lipinski definition) is 5. The second-order valence-corrected chi connectivity index (χ2v) is 3.96. The Kier molecular flexibility index (Phi) is 5.57. The fraction of sp³-hybridized carbons (Fsp3) is 0.417. The van der Waals surface area contributed by atoms with Gasteiger partial charge in [-0.3, -0.25) is 4.79 Å². The second kappa shape index (κ2) is 7.17. The van der Waals surface area contributed by atoms with Gasteiger partial charge in [0.1, 0.15) is 6.04 Å². The highest BCUT2D eigenvalue weighted by Crippen LogP contribution is 2.24. The smallest absolute Gasteiger partial charge is 0.405 e. The lowest BCUT2D eigenvalue weighted by atomic mass is 10.2. The molecule has 8 nitrogen and oxygen atoms in total. The molecule has 2 amide bonds. The Bertz CT molecular complexity index is 492. The zero-order chi connectivity index (χ0) is 15.1. The quantitative estimate of drug-likeness (QED) is 0.622. The largest absolute Gasteiger partial charge is 0.481 e. The van der Waals surface area contributed by atoms with Crippen LogP contribution in [0.4, 0.5) is 16.2 Å². The van der Waals surface area contributed by atoms with Crippen molar-refractivity contribution in [2.75, 3.05) is 24.3 Å². The molecule has 110 valence electrons. The van der Waals surface area contributed by atoms with E-state index < -0.39 is 18.0 Å². The number of pyridine rings is 1. The molecule has 1 aromatic rings. The highest BCUT2D eigenvalue weighted by atomic mass is 16.5. The van der Waals surface area contributed by atoms with Gasteiger partial charge in [-0.25, -0.2) is 9.78 Å². The predicted octanol–water partition coefficient (Wildman–Crippen LogP) is 1.12. The van der Waals surface area contributed by atoms with E-state index in [0.717, 1.165) is 0 Å². The molecule has 1 atom stereocenters. The number of nitrogens with zero attached hydrogens (tertiary/aromatic N) is 1.